The maximum atomic E-state index is 10.9. The van der Waals surface area contributed by atoms with Crippen LogP contribution in [0.5, 0.6) is 5.75 Å². The lowest BCUT2D eigenvalue weighted by molar-refractivity contribution is 0.0695. The zero-order valence-corrected chi connectivity index (χ0v) is 11.4. The number of aryl methyl sites for hydroxylation is 1. The molecule has 0 radical (unpaired) electrons. The molecule has 0 aliphatic carbocycles. The molecule has 1 aromatic carbocycles. The summed E-state index contributed by atoms with van der Waals surface area (Å²) in [6, 6.07) is 9.00. The van der Waals surface area contributed by atoms with Crippen molar-refractivity contribution in [2.24, 2.45) is 0 Å². The first-order valence-electron chi connectivity index (χ1n) is 6.13. The summed E-state index contributed by atoms with van der Waals surface area (Å²) in [6.07, 6.45) is 0. The van der Waals surface area contributed by atoms with Crippen LogP contribution in [-0.2, 0) is 18.0 Å². The average Bonchev–Trinajstić information content (AvgIpc) is 2.79. The third kappa shape index (κ3) is 3.39. The van der Waals surface area contributed by atoms with Crippen molar-refractivity contribution in [2.75, 3.05) is 7.11 Å². The Morgan fingerprint density at radius 1 is 1.30 bits per heavy atom. The molecule has 106 valence electrons. The normalized spacial score (nSPS) is 10.5. The number of ether oxygens (including phenoxy) is 2. The molecule has 5 nitrogen and oxygen atoms in total. The second-order valence-electron chi connectivity index (χ2n) is 4.36. The fourth-order valence-electron chi connectivity index (χ4n) is 1.87. The molecule has 0 spiro atoms. The van der Waals surface area contributed by atoms with Crippen LogP contribution in [0.4, 0.5) is 0 Å². The number of aromatic carboxylic acids is 1. The van der Waals surface area contributed by atoms with Gasteiger partial charge in [0.25, 0.3) is 0 Å². The first-order valence-corrected chi connectivity index (χ1v) is 6.13. The second-order valence-corrected chi connectivity index (χ2v) is 4.36. The van der Waals surface area contributed by atoms with Gasteiger partial charge in [-0.25, -0.2) is 4.79 Å². The smallest absolute Gasteiger partial charge is 0.339 e. The van der Waals surface area contributed by atoms with E-state index in [9.17, 15) is 4.79 Å². The minimum Gasteiger partial charge on any atom is -0.486 e. The van der Waals surface area contributed by atoms with Crippen LogP contribution in [0.2, 0.25) is 0 Å². The van der Waals surface area contributed by atoms with E-state index in [0.717, 1.165) is 5.56 Å². The van der Waals surface area contributed by atoms with Crippen molar-refractivity contribution in [3.8, 4) is 5.75 Å². The highest BCUT2D eigenvalue weighted by Crippen LogP contribution is 2.19. The van der Waals surface area contributed by atoms with E-state index in [-0.39, 0.29) is 12.2 Å². The van der Waals surface area contributed by atoms with Crippen molar-refractivity contribution >= 4 is 5.97 Å². The number of hydrogen-bond acceptors (Lipinski definition) is 4. The predicted octanol–water partition coefficient (Wildman–Crippen LogP) is 3.01. The summed E-state index contributed by atoms with van der Waals surface area (Å²) in [5, 5.41) is 8.94. The lowest BCUT2D eigenvalue weighted by atomic mass is 10.2. The third-order valence-electron chi connectivity index (χ3n) is 2.79. The standard InChI is InChI=1S/C15H16O5/c1-10-14(15(16)17)7-13(20-10)9-19-12-5-3-4-11(6-12)8-18-2/h3-7H,8-9H2,1-2H3,(H,16,17). The summed E-state index contributed by atoms with van der Waals surface area (Å²) in [7, 11) is 1.63. The molecule has 2 aromatic rings. The lowest BCUT2D eigenvalue weighted by Gasteiger charge is -2.06. The molecule has 0 saturated heterocycles. The molecule has 0 unspecified atom stereocenters. The van der Waals surface area contributed by atoms with E-state index >= 15 is 0 Å². The Hall–Kier alpha value is -2.27. The highest BCUT2D eigenvalue weighted by molar-refractivity contribution is 5.88. The van der Waals surface area contributed by atoms with Crippen LogP contribution < -0.4 is 4.74 Å². The monoisotopic (exact) mass is 276 g/mol. The number of carboxylic acids is 1. The summed E-state index contributed by atoms with van der Waals surface area (Å²) >= 11 is 0. The predicted molar refractivity (Wildman–Crippen MR) is 71.9 cm³/mol. The van der Waals surface area contributed by atoms with Crippen LogP contribution in [0, 0.1) is 6.92 Å². The number of benzene rings is 1. The number of carbonyl (C=O) groups is 1. The van der Waals surface area contributed by atoms with Crippen LogP contribution in [0.25, 0.3) is 0 Å². The fraction of sp³-hybridized carbons (Fsp3) is 0.267. The van der Waals surface area contributed by atoms with E-state index in [1.165, 1.54) is 6.07 Å². The Bertz CT molecular complexity index is 600. The van der Waals surface area contributed by atoms with E-state index in [2.05, 4.69) is 0 Å². The summed E-state index contributed by atoms with van der Waals surface area (Å²) in [4.78, 5) is 10.9. The Labute approximate surface area is 116 Å². The summed E-state index contributed by atoms with van der Waals surface area (Å²) in [5.74, 6) is 0.548. The summed E-state index contributed by atoms with van der Waals surface area (Å²) in [6.45, 7) is 2.32. The Morgan fingerprint density at radius 2 is 2.10 bits per heavy atom. The molecule has 1 heterocycles. The van der Waals surface area contributed by atoms with Gasteiger partial charge in [-0.2, -0.15) is 0 Å². The first kappa shape index (κ1) is 14.1. The Balaban J connectivity index is 2.03. The van der Waals surface area contributed by atoms with Gasteiger partial charge in [0, 0.05) is 7.11 Å². The van der Waals surface area contributed by atoms with Gasteiger partial charge in [0.15, 0.2) is 0 Å². The molecule has 2 rings (SSSR count). The van der Waals surface area contributed by atoms with Gasteiger partial charge in [-0.15, -0.1) is 0 Å². The van der Waals surface area contributed by atoms with Crippen LogP contribution in [0.3, 0.4) is 0 Å². The largest absolute Gasteiger partial charge is 0.486 e. The molecule has 0 bridgehead atoms. The van der Waals surface area contributed by atoms with Crippen molar-refractivity contribution in [1.29, 1.82) is 0 Å². The molecular formula is C15H16O5. The Kier molecular flexibility index (Phi) is 4.42. The molecule has 0 amide bonds. The molecule has 0 atom stereocenters. The van der Waals surface area contributed by atoms with Crippen molar-refractivity contribution in [1.82, 2.24) is 0 Å². The number of methoxy groups -OCH3 is 1. The van der Waals surface area contributed by atoms with Gasteiger partial charge in [0.1, 0.15) is 29.4 Å². The number of rotatable bonds is 6. The van der Waals surface area contributed by atoms with Crippen molar-refractivity contribution in [2.45, 2.75) is 20.1 Å². The lowest BCUT2D eigenvalue weighted by Crippen LogP contribution is -1.96. The van der Waals surface area contributed by atoms with Gasteiger partial charge < -0.3 is 19.0 Å². The van der Waals surface area contributed by atoms with E-state index in [4.69, 9.17) is 19.0 Å². The minimum absolute atomic E-state index is 0.164. The van der Waals surface area contributed by atoms with Gasteiger partial charge >= 0.3 is 5.97 Å². The quantitative estimate of drug-likeness (QED) is 0.878. The van der Waals surface area contributed by atoms with E-state index in [1.54, 1.807) is 14.0 Å². The minimum atomic E-state index is -1.00. The maximum absolute atomic E-state index is 10.9. The van der Waals surface area contributed by atoms with Crippen LogP contribution in [0.15, 0.2) is 34.7 Å². The van der Waals surface area contributed by atoms with Gasteiger partial charge in [-0.05, 0) is 30.7 Å². The fourth-order valence-corrected chi connectivity index (χ4v) is 1.87. The molecule has 1 N–H and O–H groups in total. The second kappa shape index (κ2) is 6.25. The number of hydrogen-bond donors (Lipinski definition) is 1. The zero-order valence-electron chi connectivity index (χ0n) is 11.4. The molecule has 0 saturated carbocycles. The number of carboxylic acid groups (broad SMARTS) is 1. The topological polar surface area (TPSA) is 68.9 Å². The molecule has 0 fully saturated rings. The number of furan rings is 1. The highest BCUT2D eigenvalue weighted by Gasteiger charge is 2.13. The molecule has 5 heteroatoms. The van der Waals surface area contributed by atoms with Crippen LogP contribution in [-0.4, -0.2) is 18.2 Å². The van der Waals surface area contributed by atoms with E-state index < -0.39 is 5.97 Å². The highest BCUT2D eigenvalue weighted by atomic mass is 16.5. The average molecular weight is 276 g/mol. The summed E-state index contributed by atoms with van der Waals surface area (Å²) in [5.41, 5.74) is 1.17. The maximum Gasteiger partial charge on any atom is 0.339 e. The molecule has 20 heavy (non-hydrogen) atoms. The van der Waals surface area contributed by atoms with Crippen molar-refractivity contribution < 1.29 is 23.8 Å². The van der Waals surface area contributed by atoms with Gasteiger partial charge in [0.2, 0.25) is 0 Å². The third-order valence-corrected chi connectivity index (χ3v) is 2.79. The van der Waals surface area contributed by atoms with Crippen LogP contribution in [0.1, 0.15) is 27.4 Å². The van der Waals surface area contributed by atoms with E-state index in [0.29, 0.717) is 23.9 Å². The van der Waals surface area contributed by atoms with Crippen molar-refractivity contribution in [3.63, 3.8) is 0 Å². The molecule has 0 aliphatic heterocycles. The zero-order chi connectivity index (χ0) is 14.5. The SMILES string of the molecule is COCc1cccc(OCc2cc(C(=O)O)c(C)o2)c1. The summed E-state index contributed by atoms with van der Waals surface area (Å²) < 4.78 is 16.0. The van der Waals surface area contributed by atoms with Gasteiger partial charge in [-0.3, -0.25) is 0 Å². The van der Waals surface area contributed by atoms with Gasteiger partial charge in [0.05, 0.1) is 6.61 Å². The molecular weight excluding hydrogens is 260 g/mol. The van der Waals surface area contributed by atoms with Crippen molar-refractivity contribution in [3.05, 3.63) is 53.0 Å². The Morgan fingerprint density at radius 3 is 2.75 bits per heavy atom. The van der Waals surface area contributed by atoms with E-state index in [1.807, 2.05) is 24.3 Å². The molecule has 0 aliphatic rings. The first-order chi connectivity index (χ1) is 9.60. The van der Waals surface area contributed by atoms with Gasteiger partial charge in [-0.1, -0.05) is 12.1 Å². The van der Waals surface area contributed by atoms with Crippen LogP contribution >= 0.6 is 0 Å². The molecule has 1 aromatic heterocycles.